The Hall–Kier alpha value is -3.83. The van der Waals surface area contributed by atoms with Crippen LogP contribution in [0.4, 0.5) is 0 Å². The third-order valence-corrected chi connectivity index (χ3v) is 15.4. The fourth-order valence-electron chi connectivity index (χ4n) is 10.4. The third-order valence-electron chi connectivity index (χ3n) is 13.9. The Bertz CT molecular complexity index is 2070. The molecular weight excluding hydrogens is 757 g/mol. The van der Waals surface area contributed by atoms with Gasteiger partial charge in [0.25, 0.3) is 0 Å². The molecule has 0 bridgehead atoms. The lowest BCUT2D eigenvalue weighted by Gasteiger charge is -2.34. The van der Waals surface area contributed by atoms with E-state index < -0.39 is 28.5 Å². The van der Waals surface area contributed by atoms with Crippen molar-refractivity contribution in [2.24, 2.45) is 28.4 Å². The highest BCUT2D eigenvalue weighted by atomic mass is 32.2. The highest BCUT2D eigenvalue weighted by molar-refractivity contribution is 7.80. The maximum Gasteiger partial charge on any atom is 0.329 e. The number of aromatic nitrogens is 2. The lowest BCUT2D eigenvalue weighted by atomic mass is 9.88. The van der Waals surface area contributed by atoms with Crippen LogP contribution in [0.25, 0.3) is 11.0 Å². The quantitative estimate of drug-likeness (QED) is 0.219. The van der Waals surface area contributed by atoms with E-state index in [1.54, 1.807) is 16.2 Å². The van der Waals surface area contributed by atoms with Crippen LogP contribution in [0.15, 0.2) is 44.4 Å². The molecule has 5 fully saturated rings. The van der Waals surface area contributed by atoms with Crippen LogP contribution in [0.1, 0.15) is 101 Å². The van der Waals surface area contributed by atoms with E-state index in [0.717, 1.165) is 131 Å². The van der Waals surface area contributed by atoms with E-state index in [2.05, 4.69) is 44.5 Å². The standard InChI is InChI=1S/C42H60N10O5S/c1-28-8-5-10-33(28)52-38(43-2)32(42(18-19-42)40(52)55)26-44-27-45-30-16-24-50(25-17-30)58(57)47(3)20-7-21-49-22-14-29(15-23-49)31-9-6-11-34-37(31)48(4)41(56)51(34)35-12-13-36(53)46-39(35)54/h6,9,11,26,28-30,33,35,45H,2,5,7-8,10,12-25,27H2,1,3-4H3,(H,46,53,54)/b44-26-. The molecule has 6 aliphatic rings. The summed E-state index contributed by atoms with van der Waals surface area (Å²) in [7, 11) is 3.72. The van der Waals surface area contributed by atoms with Crippen molar-refractivity contribution in [1.29, 1.82) is 0 Å². The van der Waals surface area contributed by atoms with E-state index in [9.17, 15) is 23.4 Å². The molecule has 5 heterocycles. The summed E-state index contributed by atoms with van der Waals surface area (Å²) in [5.74, 6) is 0.964. The number of nitrogens with one attached hydrogen (secondary N) is 2. The number of amides is 3. The Morgan fingerprint density at radius 2 is 1.79 bits per heavy atom. The maximum absolute atomic E-state index is 13.6. The summed E-state index contributed by atoms with van der Waals surface area (Å²) in [6.07, 6.45) is 12.1. The number of carbonyl (C=O) groups excluding carboxylic acids is 3. The fourth-order valence-corrected chi connectivity index (χ4v) is 11.6. The average Bonchev–Trinajstić information content (AvgIpc) is 3.79. The summed E-state index contributed by atoms with van der Waals surface area (Å²) >= 11 is -1.19. The molecule has 1 aromatic carbocycles. The number of para-hydroxylation sites is 1. The van der Waals surface area contributed by atoms with Crippen molar-refractivity contribution in [3.05, 3.63) is 45.6 Å². The van der Waals surface area contributed by atoms with Gasteiger partial charge in [-0.05, 0) is 114 Å². The van der Waals surface area contributed by atoms with Gasteiger partial charge < -0.3 is 4.90 Å². The predicted octanol–water partition coefficient (Wildman–Crippen LogP) is 3.20. The molecule has 15 nitrogen and oxygen atoms in total. The highest BCUT2D eigenvalue weighted by Gasteiger charge is 2.62. The number of hydrogen-bond acceptors (Lipinski definition) is 9. The van der Waals surface area contributed by atoms with Gasteiger partial charge in [0, 0.05) is 64.0 Å². The van der Waals surface area contributed by atoms with Gasteiger partial charge in [0.1, 0.15) is 11.9 Å². The second-order valence-corrected chi connectivity index (χ2v) is 19.1. The van der Waals surface area contributed by atoms with Gasteiger partial charge in [0.2, 0.25) is 17.7 Å². The number of likely N-dealkylation sites (tertiary alicyclic amines) is 1. The van der Waals surface area contributed by atoms with E-state index in [1.165, 1.54) is 0 Å². The number of carbonyl (C=O) groups is 3. The van der Waals surface area contributed by atoms with E-state index in [1.807, 2.05) is 34.6 Å². The van der Waals surface area contributed by atoms with Crippen LogP contribution in [0.2, 0.25) is 0 Å². The zero-order valence-corrected chi connectivity index (χ0v) is 35.2. The number of benzene rings is 1. The minimum Gasteiger partial charge on any atom is -0.303 e. The second kappa shape index (κ2) is 17.0. The summed E-state index contributed by atoms with van der Waals surface area (Å²) < 4.78 is 20.7. The molecule has 1 spiro atoms. The molecule has 2 aromatic rings. The minimum atomic E-state index is -1.19. The monoisotopic (exact) mass is 816 g/mol. The van der Waals surface area contributed by atoms with Gasteiger partial charge in [-0.25, -0.2) is 22.6 Å². The lowest BCUT2D eigenvalue weighted by Crippen LogP contribution is -2.46. The van der Waals surface area contributed by atoms with Crippen molar-refractivity contribution in [3.8, 4) is 0 Å². The molecule has 1 aromatic heterocycles. The number of hydrogen-bond donors (Lipinski definition) is 2. The van der Waals surface area contributed by atoms with Crippen molar-refractivity contribution >= 4 is 52.9 Å². The van der Waals surface area contributed by atoms with Crippen LogP contribution in [-0.2, 0) is 32.6 Å². The normalized spacial score (nSPS) is 26.9. The Balaban J connectivity index is 0.764. The van der Waals surface area contributed by atoms with Gasteiger partial charge in [-0.2, -0.15) is 0 Å². The first kappa shape index (κ1) is 40.9. The molecule has 8 rings (SSSR count). The Kier molecular flexibility index (Phi) is 12.0. The number of imidazole rings is 1. The van der Waals surface area contributed by atoms with Crippen LogP contribution < -0.4 is 16.3 Å². The molecule has 2 saturated carbocycles. The zero-order chi connectivity index (χ0) is 40.7. The molecule has 4 aliphatic heterocycles. The third kappa shape index (κ3) is 7.70. The van der Waals surface area contributed by atoms with E-state index in [-0.39, 0.29) is 30.0 Å². The van der Waals surface area contributed by atoms with E-state index in [0.29, 0.717) is 31.0 Å². The van der Waals surface area contributed by atoms with Crippen LogP contribution in [-0.4, -0.2) is 127 Å². The van der Waals surface area contributed by atoms with Crippen molar-refractivity contribution in [2.45, 2.75) is 108 Å². The van der Waals surface area contributed by atoms with Crippen molar-refractivity contribution in [2.75, 3.05) is 53.0 Å². The molecule has 3 amide bonds. The molecule has 314 valence electrons. The van der Waals surface area contributed by atoms with Gasteiger partial charge in [-0.1, -0.05) is 25.5 Å². The molecule has 0 radical (unpaired) electrons. The zero-order valence-electron chi connectivity index (χ0n) is 34.4. The molecule has 4 unspecified atom stereocenters. The number of fused-ring (bicyclic) bond motifs is 1. The first-order valence-electron chi connectivity index (χ1n) is 21.4. The van der Waals surface area contributed by atoms with Gasteiger partial charge in [-0.15, -0.1) is 0 Å². The van der Waals surface area contributed by atoms with Crippen LogP contribution >= 0.6 is 0 Å². The number of aryl methyl sites for hydroxylation is 1. The summed E-state index contributed by atoms with van der Waals surface area (Å²) in [6.45, 7) is 11.6. The summed E-state index contributed by atoms with van der Waals surface area (Å²) in [4.78, 5) is 65.0. The molecule has 2 aliphatic carbocycles. The Labute approximate surface area is 343 Å². The molecule has 2 N–H and O–H groups in total. The van der Waals surface area contributed by atoms with Gasteiger partial charge in [0.05, 0.1) is 23.1 Å². The SMILES string of the molecule is C=NC1=C(/C=N\CNC2CCN(S(=O)N(C)CCCN3CCC(c4cccc5c4n(C)c(=O)n5C4CCC(=O)NC4=O)CC3)CC2)C2(CC2)C(=O)N1C1CCCC1C. The number of rotatable bonds is 14. The van der Waals surface area contributed by atoms with Crippen molar-refractivity contribution in [3.63, 3.8) is 0 Å². The number of piperidine rings is 3. The Morgan fingerprint density at radius 1 is 1.03 bits per heavy atom. The number of aliphatic imine (C=N–C) groups is 2. The molecule has 58 heavy (non-hydrogen) atoms. The van der Waals surface area contributed by atoms with Gasteiger partial charge in [-0.3, -0.25) is 44.0 Å². The summed E-state index contributed by atoms with van der Waals surface area (Å²) in [6, 6.07) is 5.79. The van der Waals surface area contributed by atoms with E-state index in [4.69, 9.17) is 4.99 Å². The first-order valence-corrected chi connectivity index (χ1v) is 22.5. The predicted molar refractivity (Wildman–Crippen MR) is 225 cm³/mol. The molecule has 4 atom stereocenters. The number of nitrogens with zero attached hydrogens (tertiary/aromatic N) is 8. The van der Waals surface area contributed by atoms with Crippen LogP contribution in [0, 0.1) is 11.3 Å². The summed E-state index contributed by atoms with van der Waals surface area (Å²) in [5.41, 5.74) is 3.01. The van der Waals surface area contributed by atoms with E-state index >= 15 is 0 Å². The average molecular weight is 817 g/mol. The largest absolute Gasteiger partial charge is 0.329 e. The first-order chi connectivity index (χ1) is 28.0. The maximum atomic E-state index is 13.6. The lowest BCUT2D eigenvalue weighted by molar-refractivity contribution is -0.136. The van der Waals surface area contributed by atoms with Crippen molar-refractivity contribution in [1.82, 2.24) is 38.2 Å². The molecular formula is C42H60N10O5S. The van der Waals surface area contributed by atoms with Gasteiger partial charge >= 0.3 is 5.69 Å². The second-order valence-electron chi connectivity index (χ2n) is 17.5. The van der Waals surface area contributed by atoms with Crippen LogP contribution in [0.5, 0.6) is 0 Å². The Morgan fingerprint density at radius 3 is 2.47 bits per heavy atom. The number of imide groups is 1. The smallest absolute Gasteiger partial charge is 0.303 e. The summed E-state index contributed by atoms with van der Waals surface area (Å²) in [5, 5.41) is 5.96. The fraction of sp³-hybridized carbons (Fsp3) is 0.667. The topological polar surface area (TPSA) is 157 Å². The molecule has 16 heteroatoms. The van der Waals surface area contributed by atoms with Crippen LogP contribution in [0.3, 0.4) is 0 Å². The highest BCUT2D eigenvalue weighted by Crippen LogP contribution is 2.59. The van der Waals surface area contributed by atoms with Gasteiger partial charge in [0.15, 0.2) is 11.2 Å². The minimum absolute atomic E-state index is 0.192. The molecule has 3 saturated heterocycles. The van der Waals surface area contributed by atoms with Crippen molar-refractivity contribution < 1.29 is 18.6 Å².